The molecule has 2 nitrogen and oxygen atoms in total. The maximum Gasteiger partial charge on any atom is 0.144 e. The Kier molecular flexibility index (Phi) is 9.10. The molecule has 2 aromatic heterocycles. The molecule has 0 aliphatic heterocycles. The zero-order valence-electron chi connectivity index (χ0n) is 46.1. The van der Waals surface area contributed by atoms with E-state index in [0.29, 0.717) is 0 Å². The summed E-state index contributed by atoms with van der Waals surface area (Å²) in [5, 5.41) is 7.19. The van der Waals surface area contributed by atoms with Gasteiger partial charge in [0, 0.05) is 43.5 Å². The Morgan fingerprint density at radius 1 is 0.378 bits per heavy atom. The minimum absolute atomic E-state index is 0.239. The van der Waals surface area contributed by atoms with Crippen LogP contribution < -0.4 is 0 Å². The van der Waals surface area contributed by atoms with Crippen LogP contribution in [-0.4, -0.2) is 0 Å². The highest BCUT2D eigenvalue weighted by atomic mass is 16.3. The molecule has 2 heterocycles. The lowest BCUT2D eigenvalue weighted by Gasteiger charge is -2.31. The molecule has 4 aliphatic rings. The number of rotatable bonds is 5. The van der Waals surface area contributed by atoms with Gasteiger partial charge in [-0.1, -0.05) is 240 Å². The third kappa shape index (κ3) is 5.88. The summed E-state index contributed by atoms with van der Waals surface area (Å²) in [7, 11) is 0. The molecule has 14 aromatic rings. The molecule has 82 heavy (non-hydrogen) atoms. The predicted molar refractivity (Wildman–Crippen MR) is 340 cm³/mol. The zero-order chi connectivity index (χ0) is 54.4. The van der Waals surface area contributed by atoms with Crippen LogP contribution in [0.3, 0.4) is 0 Å². The molecule has 0 N–H and O–H groups in total. The third-order valence-corrected chi connectivity index (χ3v) is 19.6. The van der Waals surface area contributed by atoms with Crippen LogP contribution >= 0.6 is 0 Å². The van der Waals surface area contributed by atoms with E-state index in [1.54, 1.807) is 0 Å². The van der Waals surface area contributed by atoms with E-state index in [4.69, 9.17) is 8.83 Å². The molecule has 0 saturated heterocycles. The Morgan fingerprint density at radius 3 is 1.68 bits per heavy atom. The summed E-state index contributed by atoms with van der Waals surface area (Å²) in [5.41, 5.74) is 30.9. The van der Waals surface area contributed by atoms with Crippen molar-refractivity contribution in [3.05, 3.63) is 298 Å². The lowest BCUT2D eigenvalue weighted by molar-refractivity contribution is 0.600. The topological polar surface area (TPSA) is 26.3 Å². The summed E-state index contributed by atoms with van der Waals surface area (Å²) in [6.45, 7) is 9.79. The number of hydrogen-bond donors (Lipinski definition) is 0. The van der Waals surface area contributed by atoms with Crippen molar-refractivity contribution in [3.8, 4) is 55.6 Å². The van der Waals surface area contributed by atoms with Crippen LogP contribution in [0.5, 0.6) is 0 Å². The van der Waals surface area contributed by atoms with E-state index in [1.807, 2.05) is 0 Å². The number of hydrogen-bond acceptors (Lipinski definition) is 2. The van der Waals surface area contributed by atoms with E-state index in [2.05, 4.69) is 270 Å². The second-order valence-corrected chi connectivity index (χ2v) is 24.5. The molecule has 0 fully saturated rings. The summed E-state index contributed by atoms with van der Waals surface area (Å²) in [5.74, 6) is 0. The summed E-state index contributed by atoms with van der Waals surface area (Å²) in [6.07, 6.45) is 3.18. The van der Waals surface area contributed by atoms with Crippen LogP contribution in [0.15, 0.2) is 245 Å². The van der Waals surface area contributed by atoms with E-state index in [1.165, 1.54) is 138 Å². The molecule has 0 unspecified atom stereocenters. The molecule has 2 heteroatoms. The molecular formula is C80H54O2. The first-order valence-corrected chi connectivity index (χ1v) is 29.0. The molecule has 4 aliphatic carbocycles. The lowest BCUT2D eigenvalue weighted by atomic mass is 9.69. The Labute approximate surface area is 476 Å². The van der Waals surface area contributed by atoms with Gasteiger partial charge in [-0.25, -0.2) is 0 Å². The van der Waals surface area contributed by atoms with E-state index < -0.39 is 5.41 Å². The van der Waals surface area contributed by atoms with Crippen molar-refractivity contribution in [1.82, 2.24) is 0 Å². The van der Waals surface area contributed by atoms with Crippen LogP contribution in [0, 0.1) is 0 Å². The highest BCUT2D eigenvalue weighted by molar-refractivity contribution is 6.22. The van der Waals surface area contributed by atoms with E-state index in [-0.39, 0.29) is 10.8 Å². The van der Waals surface area contributed by atoms with Crippen LogP contribution in [-0.2, 0) is 22.7 Å². The number of benzene rings is 12. The zero-order valence-corrected chi connectivity index (χ0v) is 46.1. The van der Waals surface area contributed by atoms with Crippen LogP contribution in [0.25, 0.3) is 122 Å². The first-order valence-electron chi connectivity index (χ1n) is 29.0. The standard InChI is InChI=1S/C80H54O2/c1-78(2)61-29-15-12-26-55(61)73-75(78)74-70(72-59-28-14-19-33-68(59)82-77(72)73)56-39-37-51(44-64(56)79(74,3)4)52(41-46-34-36-48-20-8-9-23-50(48)40-46)42-47-35-38-57-65(43-47)80(62-30-16-10-24-53(62)54-25-11-17-31-63(54)80)66-45-60(49-21-6-5-7-22-49)76-71(69(57)66)58-27-13-18-32-67(58)81-76/h5-41,43-45H,42H2,1-4H3/b52-41-. The molecule has 0 radical (unpaired) electrons. The molecule has 0 bridgehead atoms. The predicted octanol–water partition coefficient (Wildman–Crippen LogP) is 21.0. The van der Waals surface area contributed by atoms with Gasteiger partial charge in [0.05, 0.1) is 5.41 Å². The Hall–Kier alpha value is -9.76. The largest absolute Gasteiger partial charge is 0.455 e. The fourth-order valence-corrected chi connectivity index (χ4v) is 16.2. The van der Waals surface area contributed by atoms with Gasteiger partial charge in [0.15, 0.2) is 0 Å². The van der Waals surface area contributed by atoms with Gasteiger partial charge in [0.1, 0.15) is 22.3 Å². The SMILES string of the molecule is CC1(C)c2ccccc2-c2c1c1c(c3c2oc2ccccc23)-c2ccc(/C(=C\c3ccc4ccccc4c3)Cc3ccc4c(c3)C3(c5ccccc5-c5ccccc53)c3cc(-c5ccccc5)c5oc6ccccc6c5c3-4)cc2C1(C)C. The molecular weight excluding hydrogens is 993 g/mol. The maximum atomic E-state index is 7.05. The van der Waals surface area contributed by atoms with Gasteiger partial charge in [-0.15, -0.1) is 0 Å². The average Bonchev–Trinajstić information content (AvgIpc) is 2.76. The Balaban J connectivity index is 0.872. The first kappa shape index (κ1) is 46.0. The minimum atomic E-state index is -0.591. The number of fused-ring (bicyclic) bond motifs is 27. The molecule has 0 amide bonds. The normalized spacial score (nSPS) is 15.2. The molecule has 1 spiro atoms. The molecule has 0 saturated carbocycles. The molecule has 0 atom stereocenters. The smallest absolute Gasteiger partial charge is 0.144 e. The van der Waals surface area contributed by atoms with Crippen LogP contribution in [0.4, 0.5) is 0 Å². The van der Waals surface area contributed by atoms with Gasteiger partial charge in [-0.3, -0.25) is 0 Å². The van der Waals surface area contributed by atoms with E-state index >= 15 is 0 Å². The Bertz CT molecular complexity index is 5140. The molecule has 18 rings (SSSR count). The number of allylic oxidation sites excluding steroid dienone is 1. The lowest BCUT2D eigenvalue weighted by Crippen LogP contribution is -2.26. The fourth-order valence-electron chi connectivity index (χ4n) is 16.2. The van der Waals surface area contributed by atoms with Crippen molar-refractivity contribution >= 4 is 66.3 Å². The summed E-state index contributed by atoms with van der Waals surface area (Å²) < 4.78 is 14.1. The Morgan fingerprint density at radius 2 is 0.939 bits per heavy atom. The van der Waals surface area contributed by atoms with Crippen molar-refractivity contribution < 1.29 is 8.83 Å². The van der Waals surface area contributed by atoms with Gasteiger partial charge in [-0.2, -0.15) is 0 Å². The van der Waals surface area contributed by atoms with Crippen molar-refractivity contribution in [2.24, 2.45) is 0 Å². The monoisotopic (exact) mass is 1050 g/mol. The van der Waals surface area contributed by atoms with Crippen molar-refractivity contribution in [2.75, 3.05) is 0 Å². The van der Waals surface area contributed by atoms with Crippen molar-refractivity contribution in [3.63, 3.8) is 0 Å². The van der Waals surface area contributed by atoms with E-state index in [9.17, 15) is 0 Å². The summed E-state index contributed by atoms with van der Waals surface area (Å²) in [6, 6.07) is 88.5. The number of para-hydroxylation sites is 2. The van der Waals surface area contributed by atoms with Gasteiger partial charge < -0.3 is 8.83 Å². The van der Waals surface area contributed by atoms with Crippen LogP contribution in [0.1, 0.15) is 88.9 Å². The van der Waals surface area contributed by atoms with Gasteiger partial charge in [0.2, 0.25) is 0 Å². The first-order chi connectivity index (χ1) is 40.2. The van der Waals surface area contributed by atoms with Crippen molar-refractivity contribution in [1.29, 1.82) is 0 Å². The second kappa shape index (κ2) is 16.2. The number of furan rings is 2. The maximum absolute atomic E-state index is 7.05. The summed E-state index contributed by atoms with van der Waals surface area (Å²) >= 11 is 0. The quantitative estimate of drug-likeness (QED) is 0.161. The minimum Gasteiger partial charge on any atom is -0.455 e. The summed E-state index contributed by atoms with van der Waals surface area (Å²) in [4.78, 5) is 0. The third-order valence-electron chi connectivity index (χ3n) is 19.6. The second-order valence-electron chi connectivity index (χ2n) is 24.5. The average molecular weight is 1050 g/mol. The van der Waals surface area contributed by atoms with Gasteiger partial charge in [-0.05, 0) is 159 Å². The fraction of sp³-hybridized carbons (Fsp3) is 0.100. The highest BCUT2D eigenvalue weighted by Gasteiger charge is 2.53. The molecule has 12 aromatic carbocycles. The van der Waals surface area contributed by atoms with Crippen molar-refractivity contribution in [2.45, 2.75) is 50.4 Å². The van der Waals surface area contributed by atoms with Gasteiger partial charge >= 0.3 is 0 Å². The highest BCUT2D eigenvalue weighted by Crippen LogP contribution is 2.67. The van der Waals surface area contributed by atoms with Gasteiger partial charge in [0.25, 0.3) is 0 Å². The van der Waals surface area contributed by atoms with Crippen LogP contribution in [0.2, 0.25) is 0 Å². The van der Waals surface area contributed by atoms with E-state index in [0.717, 1.165) is 45.3 Å². The molecule has 386 valence electrons.